The van der Waals surface area contributed by atoms with Crippen LogP contribution < -0.4 is 5.01 Å². The normalized spacial score (nSPS) is 11.8. The van der Waals surface area contributed by atoms with Crippen molar-refractivity contribution < 1.29 is 0 Å². The zero-order chi connectivity index (χ0) is 14.4. The first-order valence-corrected chi connectivity index (χ1v) is 7.43. The Bertz CT molecular complexity index is 558. The Kier molecular flexibility index (Phi) is 5.13. The number of nitriles is 1. The maximum Gasteiger partial charge on any atom is 0.139 e. The Hall–Kier alpha value is -1.87. The molecule has 0 amide bonds. The van der Waals surface area contributed by atoms with Gasteiger partial charge in [-0.1, -0.05) is 29.3 Å². The molecule has 1 aromatic heterocycles. The molecule has 2 rings (SSSR count). The summed E-state index contributed by atoms with van der Waals surface area (Å²) >= 11 is 3.70. The fraction of sp³-hybridized carbons (Fsp3) is 0.357. The van der Waals surface area contributed by atoms with E-state index in [4.69, 9.17) is 5.26 Å². The first-order valence-electron chi connectivity index (χ1n) is 6.51. The third-order valence-electron chi connectivity index (χ3n) is 2.95. The van der Waals surface area contributed by atoms with Crippen LogP contribution in [0.25, 0.3) is 0 Å². The van der Waals surface area contributed by atoms with Gasteiger partial charge in [-0.05, 0) is 30.7 Å². The summed E-state index contributed by atoms with van der Waals surface area (Å²) in [7, 11) is 0. The fourth-order valence-corrected chi connectivity index (χ4v) is 2.69. The van der Waals surface area contributed by atoms with Crippen molar-refractivity contribution in [2.45, 2.75) is 24.6 Å². The number of nitrogens with zero attached hydrogens (tertiary/aromatic N) is 5. The summed E-state index contributed by atoms with van der Waals surface area (Å²) in [5.41, 5.74) is 1.66. The summed E-state index contributed by atoms with van der Waals surface area (Å²) in [6.45, 7) is 2.97. The topological polar surface area (TPSA) is 57.7 Å². The molecule has 1 unspecified atom stereocenters. The molecule has 0 fully saturated rings. The van der Waals surface area contributed by atoms with Gasteiger partial charge in [0.15, 0.2) is 0 Å². The van der Waals surface area contributed by atoms with Crippen LogP contribution in [0.2, 0.25) is 0 Å². The Morgan fingerprint density at radius 3 is 2.50 bits per heavy atom. The van der Waals surface area contributed by atoms with E-state index >= 15 is 0 Å². The average Bonchev–Trinajstić information content (AvgIpc) is 2.99. The Morgan fingerprint density at radius 1 is 1.30 bits per heavy atom. The molecular formula is C14H16BrN5. The second-order valence-corrected chi connectivity index (χ2v) is 5.76. The largest absolute Gasteiger partial charge is 0.278 e. The zero-order valence-corrected chi connectivity index (χ0v) is 12.9. The average molecular weight is 334 g/mol. The molecule has 1 aromatic carbocycles. The minimum atomic E-state index is 0.380. The van der Waals surface area contributed by atoms with Gasteiger partial charge in [-0.15, -0.1) is 10.2 Å². The third kappa shape index (κ3) is 3.58. The smallest absolute Gasteiger partial charge is 0.139 e. The van der Waals surface area contributed by atoms with E-state index in [9.17, 15) is 0 Å². The van der Waals surface area contributed by atoms with Crippen molar-refractivity contribution in [3.05, 3.63) is 42.5 Å². The summed E-state index contributed by atoms with van der Waals surface area (Å²) in [6, 6.07) is 9.63. The zero-order valence-electron chi connectivity index (χ0n) is 11.3. The summed E-state index contributed by atoms with van der Waals surface area (Å²) in [5.74, 6) is 0. The number of aromatic nitrogens is 3. The molecule has 0 radical (unpaired) electrons. The number of alkyl halides is 1. The van der Waals surface area contributed by atoms with E-state index in [0.29, 0.717) is 10.4 Å². The molecule has 0 saturated heterocycles. The van der Waals surface area contributed by atoms with Crippen LogP contribution >= 0.6 is 15.9 Å². The molecule has 0 bridgehead atoms. The lowest BCUT2D eigenvalue weighted by Crippen LogP contribution is -2.34. The first-order chi connectivity index (χ1) is 9.74. The van der Waals surface area contributed by atoms with Crippen molar-refractivity contribution in [1.82, 2.24) is 14.9 Å². The van der Waals surface area contributed by atoms with Crippen molar-refractivity contribution in [1.29, 1.82) is 5.26 Å². The molecule has 104 valence electrons. The molecule has 6 heteroatoms. The SMILES string of the molecule is CCCC(Br)CN(c1ccc(C#N)cc1)n1cnnc1. The number of anilines is 1. The molecule has 0 aliphatic rings. The number of halogens is 1. The van der Waals surface area contributed by atoms with Gasteiger partial charge >= 0.3 is 0 Å². The van der Waals surface area contributed by atoms with Crippen molar-refractivity contribution in [3.8, 4) is 6.07 Å². The molecule has 0 aliphatic carbocycles. The van der Waals surface area contributed by atoms with Gasteiger partial charge in [-0.25, -0.2) is 4.68 Å². The van der Waals surface area contributed by atoms with Crippen molar-refractivity contribution in [2.24, 2.45) is 0 Å². The molecule has 5 nitrogen and oxygen atoms in total. The number of hydrogen-bond acceptors (Lipinski definition) is 4. The van der Waals surface area contributed by atoms with Crippen LogP contribution in [0.5, 0.6) is 0 Å². The lowest BCUT2D eigenvalue weighted by Gasteiger charge is -2.27. The highest BCUT2D eigenvalue weighted by Gasteiger charge is 2.13. The van der Waals surface area contributed by atoms with E-state index < -0.39 is 0 Å². The summed E-state index contributed by atoms with van der Waals surface area (Å²) in [4.78, 5) is 0.380. The number of hydrogen-bond donors (Lipinski definition) is 0. The van der Waals surface area contributed by atoms with E-state index in [1.165, 1.54) is 0 Å². The maximum atomic E-state index is 8.87. The van der Waals surface area contributed by atoms with E-state index in [1.54, 1.807) is 12.7 Å². The van der Waals surface area contributed by atoms with E-state index in [0.717, 1.165) is 25.1 Å². The van der Waals surface area contributed by atoms with Gasteiger partial charge in [0.2, 0.25) is 0 Å². The molecule has 0 aliphatic heterocycles. The number of benzene rings is 1. The lowest BCUT2D eigenvalue weighted by molar-refractivity contribution is 0.640. The van der Waals surface area contributed by atoms with Gasteiger partial charge in [-0.3, -0.25) is 5.01 Å². The lowest BCUT2D eigenvalue weighted by atomic mass is 10.2. The molecule has 0 spiro atoms. The predicted molar refractivity (Wildman–Crippen MR) is 81.5 cm³/mol. The van der Waals surface area contributed by atoms with Crippen LogP contribution in [-0.4, -0.2) is 26.2 Å². The first kappa shape index (κ1) is 14.5. The van der Waals surface area contributed by atoms with Crippen LogP contribution in [-0.2, 0) is 0 Å². The number of rotatable bonds is 6. The van der Waals surface area contributed by atoms with Crippen LogP contribution in [0.1, 0.15) is 25.3 Å². The van der Waals surface area contributed by atoms with Crippen LogP contribution in [0, 0.1) is 11.3 Å². The van der Waals surface area contributed by atoms with Crippen molar-refractivity contribution >= 4 is 21.6 Å². The van der Waals surface area contributed by atoms with Crippen molar-refractivity contribution in [3.63, 3.8) is 0 Å². The van der Waals surface area contributed by atoms with Gasteiger partial charge in [0.1, 0.15) is 12.7 Å². The minimum absolute atomic E-state index is 0.380. The molecule has 2 aromatic rings. The van der Waals surface area contributed by atoms with Crippen LogP contribution in [0.3, 0.4) is 0 Å². The highest BCUT2D eigenvalue weighted by molar-refractivity contribution is 9.09. The molecule has 0 N–H and O–H groups in total. The summed E-state index contributed by atoms with van der Waals surface area (Å²) in [5, 5.41) is 18.7. The Morgan fingerprint density at radius 2 is 1.95 bits per heavy atom. The molecule has 1 heterocycles. The second-order valence-electron chi connectivity index (χ2n) is 4.47. The van der Waals surface area contributed by atoms with Crippen LogP contribution in [0.15, 0.2) is 36.9 Å². The molecular weight excluding hydrogens is 318 g/mol. The molecule has 20 heavy (non-hydrogen) atoms. The van der Waals surface area contributed by atoms with Crippen LogP contribution in [0.4, 0.5) is 5.69 Å². The van der Waals surface area contributed by atoms with Gasteiger partial charge in [0.05, 0.1) is 23.9 Å². The quantitative estimate of drug-likeness (QED) is 0.762. The highest BCUT2D eigenvalue weighted by atomic mass is 79.9. The predicted octanol–water partition coefficient (Wildman–Crippen LogP) is 2.98. The van der Waals surface area contributed by atoms with E-state index in [2.05, 4.69) is 44.1 Å². The van der Waals surface area contributed by atoms with Gasteiger partial charge < -0.3 is 0 Å². The van der Waals surface area contributed by atoms with E-state index in [1.807, 2.05) is 28.9 Å². The summed E-state index contributed by atoms with van der Waals surface area (Å²) in [6.07, 6.45) is 5.56. The van der Waals surface area contributed by atoms with Crippen molar-refractivity contribution in [2.75, 3.05) is 11.6 Å². The second kappa shape index (κ2) is 7.06. The van der Waals surface area contributed by atoms with Gasteiger partial charge in [0, 0.05) is 4.83 Å². The fourth-order valence-electron chi connectivity index (χ4n) is 1.95. The third-order valence-corrected chi connectivity index (χ3v) is 3.70. The Balaban J connectivity index is 2.24. The van der Waals surface area contributed by atoms with Gasteiger partial charge in [-0.2, -0.15) is 5.26 Å². The summed E-state index contributed by atoms with van der Waals surface area (Å²) < 4.78 is 1.85. The molecule has 1 atom stereocenters. The Labute approximate surface area is 126 Å². The van der Waals surface area contributed by atoms with E-state index in [-0.39, 0.29) is 0 Å². The minimum Gasteiger partial charge on any atom is -0.278 e. The molecule has 0 saturated carbocycles. The standard InChI is InChI=1S/C14H16BrN5/c1-2-3-13(15)9-20(19-10-17-18-11-19)14-6-4-12(8-16)5-7-14/h4-7,10-11,13H,2-3,9H2,1H3. The van der Waals surface area contributed by atoms with Gasteiger partial charge in [0.25, 0.3) is 0 Å². The monoisotopic (exact) mass is 333 g/mol. The maximum absolute atomic E-state index is 8.87. The highest BCUT2D eigenvalue weighted by Crippen LogP contribution is 2.19.